The van der Waals surface area contributed by atoms with Crippen LogP contribution in [-0.2, 0) is 0 Å². The number of hydrogen-bond donors (Lipinski definition) is 1. The lowest BCUT2D eigenvalue weighted by atomic mass is 9.81. The van der Waals surface area contributed by atoms with Gasteiger partial charge in [-0.2, -0.15) is 0 Å². The van der Waals surface area contributed by atoms with Crippen molar-refractivity contribution in [1.29, 1.82) is 0 Å². The zero-order valence-corrected chi connectivity index (χ0v) is 13.3. The Labute approximate surface area is 125 Å². The molecule has 1 fully saturated rings. The Morgan fingerprint density at radius 2 is 1.80 bits per heavy atom. The summed E-state index contributed by atoms with van der Waals surface area (Å²) in [7, 11) is 0. The van der Waals surface area contributed by atoms with Crippen molar-refractivity contribution >= 4 is 0 Å². The molecule has 0 bridgehead atoms. The van der Waals surface area contributed by atoms with Gasteiger partial charge >= 0.3 is 0 Å². The van der Waals surface area contributed by atoms with Gasteiger partial charge in [0.1, 0.15) is 0 Å². The zero-order valence-electron chi connectivity index (χ0n) is 13.3. The molecule has 0 aromatic heterocycles. The third-order valence-corrected chi connectivity index (χ3v) is 4.85. The average molecular weight is 273 g/mol. The summed E-state index contributed by atoms with van der Waals surface area (Å²) in [5, 5.41) is 3.94. The summed E-state index contributed by atoms with van der Waals surface area (Å²) in [4.78, 5) is 0. The second kappa shape index (κ2) is 8.46. The molecule has 0 spiro atoms. The van der Waals surface area contributed by atoms with E-state index in [1.165, 1.54) is 56.9 Å². The van der Waals surface area contributed by atoms with Crippen molar-refractivity contribution in [3.05, 3.63) is 35.9 Å². The Bertz CT molecular complexity index is 353. The van der Waals surface area contributed by atoms with E-state index >= 15 is 0 Å². The summed E-state index contributed by atoms with van der Waals surface area (Å²) < 4.78 is 0. The van der Waals surface area contributed by atoms with Gasteiger partial charge in [-0.05, 0) is 37.7 Å². The van der Waals surface area contributed by atoms with Crippen molar-refractivity contribution in [2.24, 2.45) is 5.92 Å². The summed E-state index contributed by atoms with van der Waals surface area (Å²) in [6.07, 6.45) is 11.2. The Balaban J connectivity index is 1.95. The van der Waals surface area contributed by atoms with E-state index in [0.29, 0.717) is 12.1 Å². The van der Waals surface area contributed by atoms with Crippen molar-refractivity contribution in [1.82, 2.24) is 5.32 Å². The maximum Gasteiger partial charge on any atom is 0.0294 e. The molecular formula is C19H31N. The molecule has 0 heterocycles. The molecule has 1 aromatic rings. The van der Waals surface area contributed by atoms with Crippen LogP contribution in [-0.4, -0.2) is 6.04 Å². The molecule has 0 unspecified atom stereocenters. The Morgan fingerprint density at radius 3 is 2.45 bits per heavy atom. The van der Waals surface area contributed by atoms with Crippen LogP contribution in [0.4, 0.5) is 0 Å². The topological polar surface area (TPSA) is 12.0 Å². The molecule has 0 aliphatic heterocycles. The third-order valence-electron chi connectivity index (χ3n) is 4.85. The Morgan fingerprint density at radius 1 is 1.10 bits per heavy atom. The van der Waals surface area contributed by atoms with Crippen molar-refractivity contribution < 1.29 is 0 Å². The largest absolute Gasteiger partial charge is 0.307 e. The van der Waals surface area contributed by atoms with E-state index in [0.717, 1.165) is 5.92 Å². The molecule has 2 rings (SSSR count). The maximum atomic E-state index is 3.94. The second-order valence-corrected chi connectivity index (χ2v) is 6.45. The molecule has 1 aliphatic carbocycles. The molecule has 1 N–H and O–H groups in total. The smallest absolute Gasteiger partial charge is 0.0294 e. The van der Waals surface area contributed by atoms with E-state index < -0.39 is 0 Å². The average Bonchev–Trinajstić information content (AvgIpc) is 2.53. The van der Waals surface area contributed by atoms with Crippen molar-refractivity contribution in [3.63, 3.8) is 0 Å². The highest BCUT2D eigenvalue weighted by Crippen LogP contribution is 2.30. The molecule has 1 nitrogen and oxygen atoms in total. The van der Waals surface area contributed by atoms with Gasteiger partial charge < -0.3 is 5.32 Å². The molecule has 2 atom stereocenters. The fraction of sp³-hybridized carbons (Fsp3) is 0.684. The first-order valence-corrected chi connectivity index (χ1v) is 8.62. The van der Waals surface area contributed by atoms with Gasteiger partial charge in [-0.25, -0.2) is 0 Å². The van der Waals surface area contributed by atoms with Crippen molar-refractivity contribution in [3.8, 4) is 0 Å². The van der Waals surface area contributed by atoms with Gasteiger partial charge in [0.15, 0.2) is 0 Å². The summed E-state index contributed by atoms with van der Waals surface area (Å²) in [5.41, 5.74) is 1.42. The summed E-state index contributed by atoms with van der Waals surface area (Å²) in [5.74, 6) is 0.904. The molecule has 20 heavy (non-hydrogen) atoms. The highest BCUT2D eigenvalue weighted by molar-refractivity contribution is 5.18. The minimum absolute atomic E-state index is 0.472. The van der Waals surface area contributed by atoms with E-state index in [1.807, 2.05) is 0 Å². The quantitative estimate of drug-likeness (QED) is 0.694. The fourth-order valence-corrected chi connectivity index (χ4v) is 3.57. The van der Waals surface area contributed by atoms with Gasteiger partial charge in [0.25, 0.3) is 0 Å². The Hall–Kier alpha value is -0.820. The number of benzene rings is 1. The van der Waals surface area contributed by atoms with E-state index in [-0.39, 0.29) is 0 Å². The number of rotatable bonds is 7. The van der Waals surface area contributed by atoms with E-state index in [4.69, 9.17) is 0 Å². The highest BCUT2D eigenvalue weighted by Gasteiger charge is 2.24. The number of unbranched alkanes of at least 4 members (excludes halogenated alkanes) is 1. The van der Waals surface area contributed by atoms with Gasteiger partial charge in [0.05, 0.1) is 0 Å². The van der Waals surface area contributed by atoms with Crippen LogP contribution in [0.1, 0.15) is 76.8 Å². The van der Waals surface area contributed by atoms with Crippen LogP contribution in [0.25, 0.3) is 0 Å². The van der Waals surface area contributed by atoms with Crippen LogP contribution in [0, 0.1) is 5.92 Å². The van der Waals surface area contributed by atoms with Crippen LogP contribution in [0.2, 0.25) is 0 Å². The second-order valence-electron chi connectivity index (χ2n) is 6.45. The normalized spacial score (nSPS) is 19.7. The minimum Gasteiger partial charge on any atom is -0.307 e. The minimum atomic E-state index is 0.472. The van der Waals surface area contributed by atoms with Gasteiger partial charge in [0, 0.05) is 12.1 Å². The molecule has 1 heteroatoms. The summed E-state index contributed by atoms with van der Waals surface area (Å²) >= 11 is 0. The van der Waals surface area contributed by atoms with Gasteiger partial charge in [0.2, 0.25) is 0 Å². The molecule has 1 aromatic carbocycles. The summed E-state index contributed by atoms with van der Waals surface area (Å²) in [6, 6.07) is 12.1. The van der Waals surface area contributed by atoms with Gasteiger partial charge in [-0.3, -0.25) is 0 Å². The first-order chi connectivity index (χ1) is 9.81. The lowest BCUT2D eigenvalue weighted by Gasteiger charge is -2.33. The van der Waals surface area contributed by atoms with Gasteiger partial charge in [-0.15, -0.1) is 0 Å². The summed E-state index contributed by atoms with van der Waals surface area (Å²) in [6.45, 7) is 4.62. The Kier molecular flexibility index (Phi) is 6.59. The van der Waals surface area contributed by atoms with Crippen LogP contribution in [0.5, 0.6) is 0 Å². The predicted molar refractivity (Wildman–Crippen MR) is 87.9 cm³/mol. The van der Waals surface area contributed by atoms with E-state index in [1.54, 1.807) is 0 Å². The lowest BCUT2D eigenvalue weighted by Crippen LogP contribution is -2.38. The van der Waals surface area contributed by atoms with Crippen LogP contribution in [0.3, 0.4) is 0 Å². The SMILES string of the molecule is CCCC[C@H](N[C@@H](C)c1ccccc1)C1CCCCC1. The molecule has 0 saturated heterocycles. The highest BCUT2D eigenvalue weighted by atomic mass is 15.0. The van der Waals surface area contributed by atoms with Crippen LogP contribution >= 0.6 is 0 Å². The first kappa shape index (κ1) is 15.6. The molecular weight excluding hydrogens is 242 g/mol. The number of hydrogen-bond acceptors (Lipinski definition) is 1. The standard InChI is InChI=1S/C19H31N/c1-3-4-15-19(18-13-9-6-10-14-18)20-16(2)17-11-7-5-8-12-17/h5,7-8,11-12,16,18-20H,3-4,6,9-10,13-15H2,1-2H3/t16-,19-/m0/s1. The molecule has 1 aliphatic rings. The molecule has 1 saturated carbocycles. The lowest BCUT2D eigenvalue weighted by molar-refractivity contribution is 0.241. The first-order valence-electron chi connectivity index (χ1n) is 8.62. The molecule has 0 radical (unpaired) electrons. The monoisotopic (exact) mass is 273 g/mol. The maximum absolute atomic E-state index is 3.94. The van der Waals surface area contributed by atoms with Crippen molar-refractivity contribution in [2.45, 2.75) is 77.3 Å². The molecule has 112 valence electrons. The third kappa shape index (κ3) is 4.63. The van der Waals surface area contributed by atoms with Crippen LogP contribution < -0.4 is 5.32 Å². The van der Waals surface area contributed by atoms with Crippen LogP contribution in [0.15, 0.2) is 30.3 Å². The zero-order chi connectivity index (χ0) is 14.2. The van der Waals surface area contributed by atoms with E-state index in [9.17, 15) is 0 Å². The van der Waals surface area contributed by atoms with E-state index in [2.05, 4.69) is 49.5 Å². The molecule has 0 amide bonds. The fourth-order valence-electron chi connectivity index (χ4n) is 3.57. The predicted octanol–water partition coefficient (Wildman–Crippen LogP) is 5.48. The van der Waals surface area contributed by atoms with Crippen molar-refractivity contribution in [2.75, 3.05) is 0 Å². The number of nitrogens with one attached hydrogen (secondary N) is 1. The van der Waals surface area contributed by atoms with Gasteiger partial charge in [-0.1, -0.05) is 69.4 Å².